The van der Waals surface area contributed by atoms with Crippen LogP contribution in [0.4, 0.5) is 0 Å². The lowest BCUT2D eigenvalue weighted by Crippen LogP contribution is -2.48. The van der Waals surface area contributed by atoms with Crippen molar-refractivity contribution in [3.8, 4) is 28.5 Å². The summed E-state index contributed by atoms with van der Waals surface area (Å²) in [6.45, 7) is 4.00. The molecule has 0 N–H and O–H groups in total. The Bertz CT molecular complexity index is 1240. The van der Waals surface area contributed by atoms with Gasteiger partial charge in [0.05, 0.1) is 18.9 Å². The second-order valence-electron chi connectivity index (χ2n) is 8.36. The topological polar surface area (TPSA) is 58.8 Å². The second kappa shape index (κ2) is 9.93. The molecule has 1 saturated heterocycles. The molecule has 0 radical (unpaired) electrons. The quantitative estimate of drug-likeness (QED) is 0.412. The van der Waals surface area contributed by atoms with E-state index in [-0.39, 0.29) is 5.91 Å². The number of oxazole rings is 1. The van der Waals surface area contributed by atoms with Gasteiger partial charge in [-0.1, -0.05) is 42.5 Å². The van der Waals surface area contributed by atoms with Crippen LogP contribution in [0.25, 0.3) is 22.8 Å². The fourth-order valence-corrected chi connectivity index (χ4v) is 4.26. The molecule has 4 aromatic rings. The molecule has 0 aliphatic carbocycles. The van der Waals surface area contributed by atoms with Crippen molar-refractivity contribution in [1.29, 1.82) is 0 Å². The van der Waals surface area contributed by atoms with Gasteiger partial charge in [0.25, 0.3) is 5.91 Å². The minimum absolute atomic E-state index is 0.0131. The first-order chi connectivity index (χ1) is 16.7. The number of piperazine rings is 1. The van der Waals surface area contributed by atoms with Crippen molar-refractivity contribution in [3.05, 3.63) is 96.2 Å². The predicted octanol–water partition coefficient (Wildman–Crippen LogP) is 4.98. The molecule has 0 saturated carbocycles. The third kappa shape index (κ3) is 4.72. The minimum atomic E-state index is 0.0131. The van der Waals surface area contributed by atoms with Crippen molar-refractivity contribution < 1.29 is 13.9 Å². The summed E-state index contributed by atoms with van der Waals surface area (Å²) >= 11 is 0. The summed E-state index contributed by atoms with van der Waals surface area (Å²) < 4.78 is 11.3. The molecule has 172 valence electrons. The molecule has 1 amide bonds. The number of carbonyl (C=O) groups is 1. The fourth-order valence-electron chi connectivity index (χ4n) is 4.26. The van der Waals surface area contributed by atoms with Crippen molar-refractivity contribution >= 4 is 5.91 Å². The van der Waals surface area contributed by atoms with E-state index in [1.54, 1.807) is 13.3 Å². The molecule has 1 aromatic heterocycles. The summed E-state index contributed by atoms with van der Waals surface area (Å²) in [6, 6.07) is 25.6. The van der Waals surface area contributed by atoms with E-state index < -0.39 is 0 Å². The van der Waals surface area contributed by atoms with Crippen LogP contribution in [-0.4, -0.2) is 54.0 Å². The van der Waals surface area contributed by atoms with Gasteiger partial charge in [0, 0.05) is 43.9 Å². The van der Waals surface area contributed by atoms with Crippen LogP contribution in [0.2, 0.25) is 0 Å². The average Bonchev–Trinajstić information content (AvgIpc) is 3.40. The molecular formula is C28H27N3O3. The lowest BCUT2D eigenvalue weighted by atomic mass is 10.1. The smallest absolute Gasteiger partial charge is 0.254 e. The summed E-state index contributed by atoms with van der Waals surface area (Å²) in [7, 11) is 1.64. The van der Waals surface area contributed by atoms with E-state index in [4.69, 9.17) is 9.15 Å². The summed E-state index contributed by atoms with van der Waals surface area (Å²) in [5, 5.41) is 0. The van der Waals surface area contributed by atoms with E-state index in [9.17, 15) is 4.79 Å². The number of rotatable bonds is 6. The standard InChI is InChI=1S/C28H27N3O3/c1-33-23-13-11-22(12-14-23)26-19-29-27(34-26)24-9-5-6-10-25(24)28(32)31-17-15-30(16-18-31)20-21-7-3-2-4-8-21/h2-14,19H,15-18,20H2,1H3. The molecule has 34 heavy (non-hydrogen) atoms. The number of hydrogen-bond donors (Lipinski definition) is 0. The van der Waals surface area contributed by atoms with E-state index in [0.29, 0.717) is 35.9 Å². The maximum Gasteiger partial charge on any atom is 0.254 e. The van der Waals surface area contributed by atoms with E-state index in [2.05, 4.69) is 34.1 Å². The Morgan fingerprint density at radius 2 is 1.62 bits per heavy atom. The Labute approximate surface area is 199 Å². The molecule has 1 aliphatic rings. The van der Waals surface area contributed by atoms with Gasteiger partial charge >= 0.3 is 0 Å². The highest BCUT2D eigenvalue weighted by atomic mass is 16.5. The molecule has 0 bridgehead atoms. The monoisotopic (exact) mass is 453 g/mol. The van der Waals surface area contributed by atoms with Crippen molar-refractivity contribution in [3.63, 3.8) is 0 Å². The number of amides is 1. The van der Waals surface area contributed by atoms with Gasteiger partial charge < -0.3 is 14.1 Å². The largest absolute Gasteiger partial charge is 0.497 e. The second-order valence-corrected chi connectivity index (χ2v) is 8.36. The molecule has 6 nitrogen and oxygen atoms in total. The van der Waals surface area contributed by atoms with Gasteiger partial charge in [0.2, 0.25) is 5.89 Å². The molecule has 0 unspecified atom stereocenters. The van der Waals surface area contributed by atoms with E-state index in [1.807, 2.05) is 59.5 Å². The van der Waals surface area contributed by atoms with Crippen LogP contribution in [0.3, 0.4) is 0 Å². The maximum atomic E-state index is 13.4. The number of nitrogens with zero attached hydrogens (tertiary/aromatic N) is 3. The van der Waals surface area contributed by atoms with Gasteiger partial charge in [-0.25, -0.2) is 4.98 Å². The maximum absolute atomic E-state index is 13.4. The van der Waals surface area contributed by atoms with E-state index >= 15 is 0 Å². The van der Waals surface area contributed by atoms with Crippen molar-refractivity contribution in [1.82, 2.24) is 14.8 Å². The Morgan fingerprint density at radius 3 is 2.35 bits per heavy atom. The molecule has 0 spiro atoms. The summed E-state index contributed by atoms with van der Waals surface area (Å²) in [5.41, 5.74) is 3.52. The summed E-state index contributed by atoms with van der Waals surface area (Å²) in [4.78, 5) is 22.2. The Balaban J connectivity index is 1.30. The lowest BCUT2D eigenvalue weighted by molar-refractivity contribution is 0.0629. The zero-order valence-electron chi connectivity index (χ0n) is 19.2. The normalized spacial score (nSPS) is 14.2. The molecular weight excluding hydrogens is 426 g/mol. The number of benzene rings is 3. The van der Waals surface area contributed by atoms with Crippen LogP contribution in [-0.2, 0) is 6.54 Å². The van der Waals surface area contributed by atoms with E-state index in [1.165, 1.54) is 5.56 Å². The SMILES string of the molecule is COc1ccc(-c2cnc(-c3ccccc3C(=O)N3CCN(Cc4ccccc4)CC3)o2)cc1. The highest BCUT2D eigenvalue weighted by molar-refractivity contribution is 6.00. The molecule has 6 heteroatoms. The fraction of sp³-hybridized carbons (Fsp3) is 0.214. The average molecular weight is 454 g/mol. The molecule has 1 fully saturated rings. The van der Waals surface area contributed by atoms with Crippen molar-refractivity contribution in [2.45, 2.75) is 6.54 Å². The highest BCUT2D eigenvalue weighted by Crippen LogP contribution is 2.30. The van der Waals surface area contributed by atoms with Gasteiger partial charge in [-0.15, -0.1) is 0 Å². The third-order valence-corrected chi connectivity index (χ3v) is 6.18. The zero-order chi connectivity index (χ0) is 23.3. The van der Waals surface area contributed by atoms with Gasteiger partial charge in [-0.2, -0.15) is 0 Å². The molecule has 5 rings (SSSR count). The van der Waals surface area contributed by atoms with Crippen molar-refractivity contribution in [2.75, 3.05) is 33.3 Å². The lowest BCUT2D eigenvalue weighted by Gasteiger charge is -2.35. The number of aromatic nitrogens is 1. The first-order valence-corrected chi connectivity index (χ1v) is 11.5. The Hall–Kier alpha value is -3.90. The molecule has 3 aromatic carbocycles. The van der Waals surface area contributed by atoms with Crippen LogP contribution >= 0.6 is 0 Å². The van der Waals surface area contributed by atoms with Gasteiger partial charge in [-0.05, 0) is 42.0 Å². The van der Waals surface area contributed by atoms with Gasteiger partial charge in [-0.3, -0.25) is 9.69 Å². The molecule has 0 atom stereocenters. The van der Waals surface area contributed by atoms with Crippen LogP contribution < -0.4 is 4.74 Å². The minimum Gasteiger partial charge on any atom is -0.497 e. The van der Waals surface area contributed by atoms with Gasteiger partial charge in [0.15, 0.2) is 5.76 Å². The number of hydrogen-bond acceptors (Lipinski definition) is 5. The molecule has 1 aliphatic heterocycles. The van der Waals surface area contributed by atoms with Crippen LogP contribution in [0.5, 0.6) is 5.75 Å². The predicted molar refractivity (Wildman–Crippen MR) is 132 cm³/mol. The number of carbonyl (C=O) groups excluding carboxylic acids is 1. The first-order valence-electron chi connectivity index (χ1n) is 11.5. The molecule has 2 heterocycles. The van der Waals surface area contributed by atoms with Crippen LogP contribution in [0.1, 0.15) is 15.9 Å². The van der Waals surface area contributed by atoms with Crippen LogP contribution in [0.15, 0.2) is 89.5 Å². The highest BCUT2D eigenvalue weighted by Gasteiger charge is 2.25. The number of ether oxygens (including phenoxy) is 1. The Kier molecular flexibility index (Phi) is 6.40. The van der Waals surface area contributed by atoms with Crippen molar-refractivity contribution in [2.24, 2.45) is 0 Å². The third-order valence-electron chi connectivity index (χ3n) is 6.18. The summed E-state index contributed by atoms with van der Waals surface area (Å²) in [6.07, 6.45) is 1.70. The number of methoxy groups -OCH3 is 1. The summed E-state index contributed by atoms with van der Waals surface area (Å²) in [5.74, 6) is 1.88. The Morgan fingerprint density at radius 1 is 0.912 bits per heavy atom. The van der Waals surface area contributed by atoms with E-state index in [0.717, 1.165) is 30.9 Å². The van der Waals surface area contributed by atoms with Crippen LogP contribution in [0, 0.1) is 0 Å². The van der Waals surface area contributed by atoms with Gasteiger partial charge in [0.1, 0.15) is 5.75 Å². The first kappa shape index (κ1) is 21.9. The zero-order valence-corrected chi connectivity index (χ0v) is 19.2.